The summed E-state index contributed by atoms with van der Waals surface area (Å²) in [6.45, 7) is 23.3. The highest BCUT2D eigenvalue weighted by molar-refractivity contribution is 4.75. The zero-order valence-corrected chi connectivity index (χ0v) is 16.0. The standard InChI is InChI=1S/2C7H14.2C2H6.C2H4/c2*1-3-7-5-4-6(7)2;3*1-2/h2*6-7H,3-5H2,1-2H3;2*1-2H3;1-2H2. The minimum Gasteiger partial charge on any atom is -0.106 e. The van der Waals surface area contributed by atoms with Gasteiger partial charge in [0.1, 0.15) is 0 Å². The lowest BCUT2D eigenvalue weighted by atomic mass is 9.74. The molecule has 124 valence electrons. The van der Waals surface area contributed by atoms with Crippen molar-refractivity contribution in [2.45, 2.75) is 93.9 Å². The van der Waals surface area contributed by atoms with E-state index in [1.165, 1.54) is 38.5 Å². The molecule has 0 aromatic rings. The van der Waals surface area contributed by atoms with Crippen LogP contribution >= 0.6 is 0 Å². The monoisotopic (exact) mass is 284 g/mol. The van der Waals surface area contributed by atoms with Crippen LogP contribution in [0.25, 0.3) is 0 Å². The second-order valence-electron chi connectivity index (χ2n) is 5.45. The Morgan fingerprint density at radius 2 is 0.900 bits per heavy atom. The third-order valence-corrected chi connectivity index (χ3v) is 4.64. The molecule has 0 aromatic carbocycles. The Balaban J connectivity index is -0.000000211. The second kappa shape index (κ2) is 18.7. The molecule has 20 heavy (non-hydrogen) atoms. The first kappa shape index (κ1) is 24.7. The van der Waals surface area contributed by atoms with E-state index in [-0.39, 0.29) is 0 Å². The molecule has 0 aliphatic heterocycles. The summed E-state index contributed by atoms with van der Waals surface area (Å²) in [7, 11) is 0. The lowest BCUT2D eigenvalue weighted by molar-refractivity contribution is 0.190. The van der Waals surface area contributed by atoms with Gasteiger partial charge in [-0.25, -0.2) is 0 Å². The highest BCUT2D eigenvalue weighted by Gasteiger charge is 2.24. The summed E-state index contributed by atoms with van der Waals surface area (Å²) in [5.41, 5.74) is 0. The molecule has 2 aliphatic rings. The maximum Gasteiger partial charge on any atom is -0.0391 e. The van der Waals surface area contributed by atoms with Crippen molar-refractivity contribution in [3.8, 4) is 0 Å². The van der Waals surface area contributed by atoms with Gasteiger partial charge < -0.3 is 0 Å². The van der Waals surface area contributed by atoms with Crippen molar-refractivity contribution < 1.29 is 0 Å². The van der Waals surface area contributed by atoms with Gasteiger partial charge in [0.15, 0.2) is 0 Å². The molecule has 0 aromatic heterocycles. The summed E-state index contributed by atoms with van der Waals surface area (Å²) in [5.74, 6) is 4.26. The molecule has 0 nitrogen and oxygen atoms in total. The Kier molecular flexibility index (Phi) is 23.2. The molecule has 2 fully saturated rings. The summed E-state index contributed by atoms with van der Waals surface area (Å²) in [6, 6.07) is 0. The Bertz CT molecular complexity index is 139. The van der Waals surface area contributed by atoms with Crippen molar-refractivity contribution in [1.82, 2.24) is 0 Å². The van der Waals surface area contributed by atoms with Crippen molar-refractivity contribution in [2.24, 2.45) is 23.7 Å². The number of hydrogen-bond acceptors (Lipinski definition) is 0. The third kappa shape index (κ3) is 10.5. The van der Waals surface area contributed by atoms with Crippen LogP contribution in [0.5, 0.6) is 0 Å². The van der Waals surface area contributed by atoms with Crippen molar-refractivity contribution >= 4 is 0 Å². The third-order valence-electron chi connectivity index (χ3n) is 4.64. The Labute approximate surface area is 131 Å². The molecule has 0 saturated heterocycles. The minimum absolute atomic E-state index is 1.05. The van der Waals surface area contributed by atoms with Crippen LogP contribution in [-0.2, 0) is 0 Å². The normalized spacial score (nSPS) is 29.0. The highest BCUT2D eigenvalue weighted by Crippen LogP contribution is 2.36. The van der Waals surface area contributed by atoms with Crippen LogP contribution in [0.3, 0.4) is 0 Å². The van der Waals surface area contributed by atoms with Crippen molar-refractivity contribution in [2.75, 3.05) is 0 Å². The lowest BCUT2D eigenvalue weighted by Crippen LogP contribution is -2.21. The van der Waals surface area contributed by atoms with E-state index in [0.717, 1.165) is 23.7 Å². The van der Waals surface area contributed by atoms with Gasteiger partial charge in [-0.3, -0.25) is 0 Å². The van der Waals surface area contributed by atoms with Gasteiger partial charge in [0.05, 0.1) is 0 Å². The van der Waals surface area contributed by atoms with E-state index in [4.69, 9.17) is 0 Å². The second-order valence-corrected chi connectivity index (χ2v) is 5.45. The fourth-order valence-corrected chi connectivity index (χ4v) is 2.68. The molecule has 0 bridgehead atoms. The van der Waals surface area contributed by atoms with Crippen LogP contribution < -0.4 is 0 Å². The van der Waals surface area contributed by atoms with Gasteiger partial charge in [-0.05, 0) is 36.5 Å². The van der Waals surface area contributed by atoms with Gasteiger partial charge in [0.25, 0.3) is 0 Å². The molecule has 0 heterocycles. The Morgan fingerprint density at radius 1 is 0.650 bits per heavy atom. The maximum absolute atomic E-state index is 3.00. The SMILES string of the molecule is C=C.CC.CC.CCC1CCC1C.CCC1CCC1C. The molecule has 0 amide bonds. The fraction of sp³-hybridized carbons (Fsp3) is 0.900. The molecule has 0 N–H and O–H groups in total. The van der Waals surface area contributed by atoms with Crippen LogP contribution in [0.4, 0.5) is 0 Å². The van der Waals surface area contributed by atoms with E-state index in [2.05, 4.69) is 40.9 Å². The quantitative estimate of drug-likeness (QED) is 0.455. The molecule has 0 spiro atoms. The summed E-state index contributed by atoms with van der Waals surface area (Å²) in [6.07, 6.45) is 8.77. The summed E-state index contributed by atoms with van der Waals surface area (Å²) in [4.78, 5) is 0. The van der Waals surface area contributed by atoms with Crippen LogP contribution in [0, 0.1) is 23.7 Å². The van der Waals surface area contributed by atoms with Gasteiger partial charge in [-0.2, -0.15) is 0 Å². The van der Waals surface area contributed by atoms with Crippen LogP contribution in [0.1, 0.15) is 93.9 Å². The predicted octanol–water partition coefficient (Wildman–Crippen LogP) is 7.74. The topological polar surface area (TPSA) is 0 Å². The predicted molar refractivity (Wildman–Crippen MR) is 98.3 cm³/mol. The van der Waals surface area contributed by atoms with Gasteiger partial charge in [-0.1, -0.05) is 81.1 Å². The summed E-state index contributed by atoms with van der Waals surface area (Å²) >= 11 is 0. The van der Waals surface area contributed by atoms with Gasteiger partial charge >= 0.3 is 0 Å². The fourth-order valence-electron chi connectivity index (χ4n) is 2.68. The highest BCUT2D eigenvalue weighted by atomic mass is 14.3. The Hall–Kier alpha value is -0.260. The molecule has 2 aliphatic carbocycles. The molecule has 4 unspecified atom stereocenters. The lowest BCUT2D eigenvalue weighted by Gasteiger charge is -2.32. The molecule has 2 rings (SSSR count). The average molecular weight is 285 g/mol. The van der Waals surface area contributed by atoms with Crippen LogP contribution in [0.15, 0.2) is 13.2 Å². The van der Waals surface area contributed by atoms with Crippen molar-refractivity contribution in [1.29, 1.82) is 0 Å². The van der Waals surface area contributed by atoms with E-state index in [1.807, 2.05) is 27.7 Å². The number of hydrogen-bond donors (Lipinski definition) is 0. The zero-order valence-electron chi connectivity index (χ0n) is 16.0. The van der Waals surface area contributed by atoms with E-state index >= 15 is 0 Å². The van der Waals surface area contributed by atoms with Crippen molar-refractivity contribution in [3.05, 3.63) is 13.2 Å². The molecule has 4 atom stereocenters. The number of rotatable bonds is 2. The van der Waals surface area contributed by atoms with E-state index in [0.29, 0.717) is 0 Å². The zero-order chi connectivity index (χ0) is 16.6. The molecule has 0 radical (unpaired) electrons. The smallest absolute Gasteiger partial charge is 0.0391 e. The molecular formula is C20H44. The van der Waals surface area contributed by atoms with Gasteiger partial charge in [-0.15, -0.1) is 13.2 Å². The molecule has 2 saturated carbocycles. The first-order chi connectivity index (χ1) is 9.69. The minimum atomic E-state index is 1.05. The van der Waals surface area contributed by atoms with Crippen LogP contribution in [-0.4, -0.2) is 0 Å². The van der Waals surface area contributed by atoms with E-state index in [9.17, 15) is 0 Å². The Morgan fingerprint density at radius 3 is 0.900 bits per heavy atom. The largest absolute Gasteiger partial charge is 0.106 e. The molecule has 0 heteroatoms. The van der Waals surface area contributed by atoms with Gasteiger partial charge in [0.2, 0.25) is 0 Å². The van der Waals surface area contributed by atoms with E-state index in [1.54, 1.807) is 0 Å². The molecular weight excluding hydrogens is 240 g/mol. The van der Waals surface area contributed by atoms with E-state index < -0.39 is 0 Å². The maximum atomic E-state index is 3.00. The first-order valence-electron chi connectivity index (χ1n) is 9.19. The average Bonchev–Trinajstić information content (AvgIpc) is 2.52. The van der Waals surface area contributed by atoms with Gasteiger partial charge in [0, 0.05) is 0 Å². The summed E-state index contributed by atoms with van der Waals surface area (Å²) < 4.78 is 0. The first-order valence-corrected chi connectivity index (χ1v) is 9.19. The van der Waals surface area contributed by atoms with Crippen molar-refractivity contribution in [3.63, 3.8) is 0 Å². The van der Waals surface area contributed by atoms with Crippen LogP contribution in [0.2, 0.25) is 0 Å². The summed E-state index contributed by atoms with van der Waals surface area (Å²) in [5, 5.41) is 0.